The van der Waals surface area contributed by atoms with Crippen LogP contribution in [0.4, 0.5) is 0 Å². The summed E-state index contributed by atoms with van der Waals surface area (Å²) >= 11 is 0. The molecule has 0 aromatic heterocycles. The van der Waals surface area contributed by atoms with Gasteiger partial charge in [0.25, 0.3) is 0 Å². The summed E-state index contributed by atoms with van der Waals surface area (Å²) in [5.74, 6) is -1.45. The number of oxime groups is 2. The molecule has 0 rings (SSSR count). The minimum atomic E-state index is -0.724. The number of rotatable bonds is 0. The second-order valence-corrected chi connectivity index (χ2v) is 1.23. The topological polar surface area (TPSA) is 163 Å². The molecule has 0 spiro atoms. The standard InChI is InChI=1S/C2H2N8O2/c3-9-5-1(7-11)2(8-12)6-10-4/h11-12H/b7-1-,8-2+. The van der Waals surface area contributed by atoms with Crippen LogP contribution in [0, 0.1) is 0 Å². The zero-order chi connectivity index (χ0) is 9.40. The molecular formula is C2H2N8O2. The molecule has 0 radical (unpaired) electrons. The number of hydrogen-bond acceptors (Lipinski definition) is 4. The van der Waals surface area contributed by atoms with Crippen LogP contribution in [-0.4, -0.2) is 22.1 Å². The van der Waals surface area contributed by atoms with Crippen molar-refractivity contribution < 1.29 is 10.4 Å². The van der Waals surface area contributed by atoms with Crippen molar-refractivity contribution in [1.29, 1.82) is 0 Å². The van der Waals surface area contributed by atoms with Crippen LogP contribution in [0.2, 0.25) is 0 Å². The molecule has 0 unspecified atom stereocenters. The first-order chi connectivity index (χ1) is 5.79. The zero-order valence-corrected chi connectivity index (χ0v) is 5.47. The zero-order valence-electron chi connectivity index (χ0n) is 5.47. The molecule has 0 saturated heterocycles. The van der Waals surface area contributed by atoms with Crippen LogP contribution in [0.3, 0.4) is 0 Å². The number of nitrogens with zero attached hydrogens (tertiary/aromatic N) is 8. The first-order valence-corrected chi connectivity index (χ1v) is 2.34. The summed E-state index contributed by atoms with van der Waals surface area (Å²) in [6, 6.07) is 0. The lowest BCUT2D eigenvalue weighted by atomic mass is 10.6. The maximum Gasteiger partial charge on any atom is 0.197 e. The van der Waals surface area contributed by atoms with Gasteiger partial charge in [-0.25, -0.2) is 0 Å². The van der Waals surface area contributed by atoms with E-state index in [-0.39, 0.29) is 0 Å². The molecule has 0 aromatic carbocycles. The largest absolute Gasteiger partial charge is 0.410 e. The molecule has 0 saturated carbocycles. The fourth-order valence-electron chi connectivity index (χ4n) is 0.304. The maximum absolute atomic E-state index is 8.13. The quantitative estimate of drug-likeness (QED) is 0.106. The summed E-state index contributed by atoms with van der Waals surface area (Å²) < 4.78 is 0. The highest BCUT2D eigenvalue weighted by Crippen LogP contribution is 1.89. The lowest BCUT2D eigenvalue weighted by molar-refractivity contribution is 0.313. The van der Waals surface area contributed by atoms with Gasteiger partial charge in [0.2, 0.25) is 0 Å². The normalized spacial score (nSPS) is 11.3. The van der Waals surface area contributed by atoms with E-state index in [9.17, 15) is 0 Å². The monoisotopic (exact) mass is 170 g/mol. The average molecular weight is 170 g/mol. The predicted octanol–water partition coefficient (Wildman–Crippen LogP) is 1.18. The van der Waals surface area contributed by atoms with E-state index < -0.39 is 11.7 Å². The number of amidine groups is 2. The molecule has 0 fully saturated rings. The molecule has 12 heavy (non-hydrogen) atoms. The molecule has 2 N–H and O–H groups in total. The molecule has 10 nitrogen and oxygen atoms in total. The van der Waals surface area contributed by atoms with Gasteiger partial charge in [0.15, 0.2) is 11.7 Å². The van der Waals surface area contributed by atoms with E-state index in [4.69, 9.17) is 21.5 Å². The van der Waals surface area contributed by atoms with Crippen LogP contribution >= 0.6 is 0 Å². The third-order valence-corrected chi connectivity index (χ3v) is 0.668. The lowest BCUT2D eigenvalue weighted by Gasteiger charge is -1.89. The Morgan fingerprint density at radius 2 is 1.25 bits per heavy atom. The minimum absolute atomic E-state index is 0.724. The molecule has 0 aliphatic rings. The van der Waals surface area contributed by atoms with E-state index in [2.05, 4.69) is 30.4 Å². The molecule has 0 aromatic rings. The first kappa shape index (κ1) is 9.56. The average Bonchev–Trinajstić information content (AvgIpc) is 2.11. The van der Waals surface area contributed by atoms with Crippen molar-refractivity contribution in [1.82, 2.24) is 0 Å². The molecular weight excluding hydrogens is 168 g/mol. The smallest absolute Gasteiger partial charge is 0.197 e. The van der Waals surface area contributed by atoms with Crippen LogP contribution in [0.15, 0.2) is 20.5 Å². The third kappa shape index (κ3) is 2.43. The van der Waals surface area contributed by atoms with Gasteiger partial charge in [0, 0.05) is 9.82 Å². The van der Waals surface area contributed by atoms with E-state index in [0.717, 1.165) is 0 Å². The number of hydrogen-bond donors (Lipinski definition) is 2. The van der Waals surface area contributed by atoms with Crippen LogP contribution in [0.1, 0.15) is 0 Å². The lowest BCUT2D eigenvalue weighted by Crippen LogP contribution is -2.07. The van der Waals surface area contributed by atoms with Crippen molar-refractivity contribution >= 4 is 11.7 Å². The van der Waals surface area contributed by atoms with E-state index >= 15 is 0 Å². The van der Waals surface area contributed by atoms with E-state index in [1.807, 2.05) is 0 Å². The Balaban J connectivity index is 4.96. The van der Waals surface area contributed by atoms with E-state index in [0.29, 0.717) is 0 Å². The summed E-state index contributed by atoms with van der Waals surface area (Å²) in [6.45, 7) is 0. The van der Waals surface area contributed by atoms with Crippen LogP contribution in [0.5, 0.6) is 0 Å². The van der Waals surface area contributed by atoms with Crippen LogP contribution < -0.4 is 0 Å². The summed E-state index contributed by atoms with van der Waals surface area (Å²) in [5, 5.41) is 26.6. The van der Waals surface area contributed by atoms with E-state index in [1.165, 1.54) is 0 Å². The Kier molecular flexibility index (Phi) is 4.26. The van der Waals surface area contributed by atoms with Gasteiger partial charge in [-0.3, -0.25) is 0 Å². The van der Waals surface area contributed by atoms with Crippen molar-refractivity contribution in [3.05, 3.63) is 20.9 Å². The molecule has 0 atom stereocenters. The van der Waals surface area contributed by atoms with Crippen molar-refractivity contribution in [2.45, 2.75) is 0 Å². The van der Waals surface area contributed by atoms with Gasteiger partial charge >= 0.3 is 0 Å². The summed E-state index contributed by atoms with van der Waals surface area (Å²) in [6.07, 6.45) is 0. The van der Waals surface area contributed by atoms with Crippen LogP contribution in [-0.2, 0) is 0 Å². The highest BCUT2D eigenvalue weighted by atomic mass is 16.4. The molecule has 0 amide bonds. The van der Waals surface area contributed by atoms with Crippen molar-refractivity contribution in [2.24, 2.45) is 20.5 Å². The molecule has 0 aliphatic heterocycles. The molecule has 10 heteroatoms. The highest BCUT2D eigenvalue weighted by Gasteiger charge is 2.05. The molecule has 62 valence electrons. The second-order valence-electron chi connectivity index (χ2n) is 1.23. The highest BCUT2D eigenvalue weighted by molar-refractivity contribution is 6.40. The van der Waals surface area contributed by atoms with Crippen LogP contribution in [0.25, 0.3) is 20.9 Å². The van der Waals surface area contributed by atoms with Crippen molar-refractivity contribution in [3.63, 3.8) is 0 Å². The Hall–Kier alpha value is -2.44. The SMILES string of the molecule is [N-]=[N+]=NC(=N\O)/C(N=[N+]=[N-])=N\O. The minimum Gasteiger partial charge on any atom is -0.410 e. The van der Waals surface area contributed by atoms with Gasteiger partial charge in [0.1, 0.15) is 0 Å². The first-order valence-electron chi connectivity index (χ1n) is 2.34. The Labute approximate surface area is 64.7 Å². The van der Waals surface area contributed by atoms with Gasteiger partial charge < -0.3 is 10.4 Å². The maximum atomic E-state index is 8.13. The Morgan fingerprint density at radius 1 is 0.917 bits per heavy atom. The molecule has 0 aliphatic carbocycles. The molecule has 0 bridgehead atoms. The third-order valence-electron chi connectivity index (χ3n) is 0.668. The van der Waals surface area contributed by atoms with Gasteiger partial charge in [-0.1, -0.05) is 10.3 Å². The fourth-order valence-corrected chi connectivity index (χ4v) is 0.304. The van der Waals surface area contributed by atoms with E-state index in [1.54, 1.807) is 0 Å². The molecule has 0 heterocycles. The number of azide groups is 2. The summed E-state index contributed by atoms with van der Waals surface area (Å²) in [4.78, 5) is 4.43. The Morgan fingerprint density at radius 3 is 1.42 bits per heavy atom. The Bertz CT molecular complexity index is 271. The van der Waals surface area contributed by atoms with Crippen molar-refractivity contribution in [3.8, 4) is 0 Å². The summed E-state index contributed by atoms with van der Waals surface area (Å²) in [5.41, 5.74) is 15.8. The van der Waals surface area contributed by atoms with Gasteiger partial charge in [0.05, 0.1) is 0 Å². The fraction of sp³-hybridized carbons (Fsp3) is 0. The van der Waals surface area contributed by atoms with Crippen molar-refractivity contribution in [2.75, 3.05) is 0 Å². The van der Waals surface area contributed by atoms with Gasteiger partial charge in [-0.15, -0.1) is 0 Å². The van der Waals surface area contributed by atoms with Gasteiger partial charge in [-0.05, 0) is 21.3 Å². The predicted molar refractivity (Wildman–Crippen MR) is 36.7 cm³/mol. The van der Waals surface area contributed by atoms with Gasteiger partial charge in [-0.2, -0.15) is 0 Å². The second kappa shape index (κ2) is 5.35. The summed E-state index contributed by atoms with van der Waals surface area (Å²) in [7, 11) is 0.